The fourth-order valence-corrected chi connectivity index (χ4v) is 3.20. The molecule has 1 saturated heterocycles. The number of carbonyl (C=O) groups excluding carboxylic acids is 1. The van der Waals surface area contributed by atoms with Gasteiger partial charge < -0.3 is 4.90 Å². The first-order valence-electron chi connectivity index (χ1n) is 6.78. The first-order valence-corrected chi connectivity index (χ1v) is 6.78. The lowest BCUT2D eigenvalue weighted by Crippen LogP contribution is -2.50. The second-order valence-corrected chi connectivity index (χ2v) is 5.41. The molecule has 96 valence electrons. The smallest absolute Gasteiger partial charge is 0.233 e. The molecular formula is C15H18FNO. The molecule has 3 heteroatoms. The van der Waals surface area contributed by atoms with Gasteiger partial charge in [0, 0.05) is 18.7 Å². The van der Waals surface area contributed by atoms with Gasteiger partial charge in [0.05, 0.1) is 5.41 Å². The number of likely N-dealkylation sites (tertiary alicyclic amines) is 1. The zero-order valence-corrected chi connectivity index (χ0v) is 10.5. The van der Waals surface area contributed by atoms with Gasteiger partial charge in [0.15, 0.2) is 0 Å². The monoisotopic (exact) mass is 247 g/mol. The zero-order chi connectivity index (χ0) is 12.6. The van der Waals surface area contributed by atoms with Crippen LogP contribution in [0.1, 0.15) is 37.7 Å². The van der Waals surface area contributed by atoms with E-state index in [1.54, 1.807) is 12.1 Å². The van der Waals surface area contributed by atoms with Gasteiger partial charge in [-0.1, -0.05) is 24.6 Å². The van der Waals surface area contributed by atoms with Gasteiger partial charge in [0.2, 0.25) is 5.91 Å². The molecule has 1 heterocycles. The van der Waals surface area contributed by atoms with Crippen LogP contribution in [0.3, 0.4) is 0 Å². The quantitative estimate of drug-likeness (QED) is 0.787. The molecule has 1 aliphatic carbocycles. The Morgan fingerprint density at radius 2 is 1.78 bits per heavy atom. The highest BCUT2D eigenvalue weighted by molar-refractivity contribution is 5.89. The molecular weight excluding hydrogens is 229 g/mol. The Morgan fingerprint density at radius 3 is 2.33 bits per heavy atom. The minimum atomic E-state index is -0.560. The molecule has 0 unspecified atom stereocenters. The van der Waals surface area contributed by atoms with Crippen molar-refractivity contribution in [2.45, 2.75) is 37.5 Å². The molecule has 3 rings (SSSR count). The summed E-state index contributed by atoms with van der Waals surface area (Å²) >= 11 is 0. The van der Waals surface area contributed by atoms with Gasteiger partial charge in [-0.15, -0.1) is 0 Å². The van der Waals surface area contributed by atoms with Crippen LogP contribution in [0.2, 0.25) is 0 Å². The van der Waals surface area contributed by atoms with Crippen molar-refractivity contribution in [1.82, 2.24) is 4.90 Å². The molecule has 0 aromatic heterocycles. The Hall–Kier alpha value is -1.38. The molecule has 1 saturated carbocycles. The molecule has 1 aliphatic heterocycles. The second-order valence-electron chi connectivity index (χ2n) is 5.41. The van der Waals surface area contributed by atoms with E-state index in [0.29, 0.717) is 5.56 Å². The number of amides is 1. The van der Waals surface area contributed by atoms with E-state index in [1.807, 2.05) is 11.0 Å². The first-order chi connectivity index (χ1) is 8.74. The second kappa shape index (κ2) is 4.38. The molecule has 1 amide bonds. The van der Waals surface area contributed by atoms with Crippen molar-refractivity contribution in [3.8, 4) is 0 Å². The summed E-state index contributed by atoms with van der Waals surface area (Å²) in [4.78, 5) is 14.6. The summed E-state index contributed by atoms with van der Waals surface area (Å²) in [6.07, 6.45) is 4.78. The fraction of sp³-hybridized carbons (Fsp3) is 0.533. The van der Waals surface area contributed by atoms with Crippen LogP contribution in [0, 0.1) is 5.82 Å². The van der Waals surface area contributed by atoms with Crippen molar-refractivity contribution in [2.75, 3.05) is 13.1 Å². The van der Waals surface area contributed by atoms with E-state index >= 15 is 0 Å². The van der Waals surface area contributed by atoms with Crippen LogP contribution < -0.4 is 0 Å². The van der Waals surface area contributed by atoms with Crippen LogP contribution in [0.25, 0.3) is 0 Å². The summed E-state index contributed by atoms with van der Waals surface area (Å²) in [5.74, 6) is -0.0823. The Bertz CT molecular complexity index is 461. The zero-order valence-electron chi connectivity index (χ0n) is 10.5. The van der Waals surface area contributed by atoms with Crippen molar-refractivity contribution in [3.05, 3.63) is 35.6 Å². The molecule has 2 nitrogen and oxygen atoms in total. The lowest BCUT2D eigenvalue weighted by molar-refractivity contribution is -0.139. The summed E-state index contributed by atoms with van der Waals surface area (Å²) < 4.78 is 14.0. The Kier molecular flexibility index (Phi) is 2.84. The summed E-state index contributed by atoms with van der Waals surface area (Å²) in [7, 11) is 0. The first kappa shape index (κ1) is 11.7. The van der Waals surface area contributed by atoms with Gasteiger partial charge in [-0.05, 0) is 31.7 Å². The number of carbonyl (C=O) groups is 1. The maximum atomic E-state index is 14.0. The number of nitrogens with zero attached hydrogens (tertiary/aromatic N) is 1. The minimum absolute atomic E-state index is 0.149. The van der Waals surface area contributed by atoms with Gasteiger partial charge in [0.1, 0.15) is 5.82 Å². The van der Waals surface area contributed by atoms with Gasteiger partial charge in [-0.2, -0.15) is 0 Å². The highest BCUT2D eigenvalue weighted by Crippen LogP contribution is 2.46. The largest absolute Gasteiger partial charge is 0.342 e. The summed E-state index contributed by atoms with van der Waals surface area (Å²) in [6, 6.07) is 6.76. The summed E-state index contributed by atoms with van der Waals surface area (Å²) in [5.41, 5.74) is 0.0449. The van der Waals surface area contributed by atoms with Crippen LogP contribution >= 0.6 is 0 Å². The Morgan fingerprint density at radius 1 is 1.11 bits per heavy atom. The van der Waals surface area contributed by atoms with E-state index in [-0.39, 0.29) is 11.7 Å². The van der Waals surface area contributed by atoms with E-state index in [2.05, 4.69) is 0 Å². The minimum Gasteiger partial charge on any atom is -0.342 e. The fourth-order valence-electron chi connectivity index (χ4n) is 3.20. The van der Waals surface area contributed by atoms with E-state index in [0.717, 1.165) is 45.2 Å². The molecule has 1 aromatic carbocycles. The van der Waals surface area contributed by atoms with E-state index in [1.165, 1.54) is 6.07 Å². The molecule has 0 N–H and O–H groups in total. The van der Waals surface area contributed by atoms with Crippen LogP contribution in [-0.4, -0.2) is 23.9 Å². The molecule has 0 bridgehead atoms. The van der Waals surface area contributed by atoms with E-state index < -0.39 is 5.41 Å². The molecule has 2 aliphatic rings. The normalized spacial score (nSPS) is 21.7. The predicted octanol–water partition coefficient (Wildman–Crippen LogP) is 2.87. The number of rotatable bonds is 2. The Labute approximate surface area is 107 Å². The molecule has 0 radical (unpaired) electrons. The van der Waals surface area contributed by atoms with Crippen LogP contribution in [0.4, 0.5) is 4.39 Å². The number of halogens is 1. The average Bonchev–Trinajstić information content (AvgIpc) is 2.83. The third kappa shape index (κ3) is 1.64. The molecule has 0 atom stereocenters. The molecule has 18 heavy (non-hydrogen) atoms. The standard InChI is InChI=1S/C15H18FNO/c16-13-7-2-1-6-12(13)15(8-5-9-15)14(18)17-10-3-4-11-17/h1-2,6-7H,3-5,8-11H2. The molecule has 1 aromatic rings. The summed E-state index contributed by atoms with van der Waals surface area (Å²) in [5, 5.41) is 0. The van der Waals surface area contributed by atoms with Gasteiger partial charge >= 0.3 is 0 Å². The van der Waals surface area contributed by atoms with E-state index in [4.69, 9.17) is 0 Å². The van der Waals surface area contributed by atoms with Crippen molar-refractivity contribution in [3.63, 3.8) is 0 Å². The Balaban J connectivity index is 1.95. The van der Waals surface area contributed by atoms with E-state index in [9.17, 15) is 9.18 Å². The molecule has 2 fully saturated rings. The van der Waals surface area contributed by atoms with Gasteiger partial charge in [0.25, 0.3) is 0 Å². The van der Waals surface area contributed by atoms with Crippen LogP contribution in [0.15, 0.2) is 24.3 Å². The van der Waals surface area contributed by atoms with Gasteiger partial charge in [-0.25, -0.2) is 4.39 Å². The topological polar surface area (TPSA) is 20.3 Å². The van der Waals surface area contributed by atoms with Crippen molar-refractivity contribution in [1.29, 1.82) is 0 Å². The number of hydrogen-bond donors (Lipinski definition) is 0. The maximum absolute atomic E-state index is 14.0. The lowest BCUT2D eigenvalue weighted by atomic mass is 9.63. The number of benzene rings is 1. The maximum Gasteiger partial charge on any atom is 0.233 e. The predicted molar refractivity (Wildman–Crippen MR) is 67.7 cm³/mol. The average molecular weight is 247 g/mol. The third-order valence-electron chi connectivity index (χ3n) is 4.40. The van der Waals surface area contributed by atoms with Crippen molar-refractivity contribution < 1.29 is 9.18 Å². The van der Waals surface area contributed by atoms with Gasteiger partial charge in [-0.3, -0.25) is 4.79 Å². The van der Waals surface area contributed by atoms with Crippen molar-refractivity contribution in [2.24, 2.45) is 0 Å². The lowest BCUT2D eigenvalue weighted by Gasteiger charge is -2.43. The van der Waals surface area contributed by atoms with Crippen LogP contribution in [-0.2, 0) is 10.2 Å². The SMILES string of the molecule is O=C(N1CCCC1)C1(c2ccccc2F)CCC1. The third-order valence-corrected chi connectivity index (χ3v) is 4.40. The number of hydrogen-bond acceptors (Lipinski definition) is 1. The van der Waals surface area contributed by atoms with Crippen LogP contribution in [0.5, 0.6) is 0 Å². The highest BCUT2D eigenvalue weighted by atomic mass is 19.1. The molecule has 0 spiro atoms. The van der Waals surface area contributed by atoms with Crippen molar-refractivity contribution >= 4 is 5.91 Å². The summed E-state index contributed by atoms with van der Waals surface area (Å²) in [6.45, 7) is 1.68. The highest BCUT2D eigenvalue weighted by Gasteiger charge is 2.49.